The summed E-state index contributed by atoms with van der Waals surface area (Å²) in [6.45, 7) is 6.84. The molecule has 1 aromatic heterocycles. The maximum absolute atomic E-state index is 12.3. The molecule has 1 unspecified atom stereocenters. The lowest BCUT2D eigenvalue weighted by Gasteiger charge is -2.23. The highest BCUT2D eigenvalue weighted by Gasteiger charge is 2.20. The van der Waals surface area contributed by atoms with Gasteiger partial charge in [-0.25, -0.2) is 4.79 Å². The molecule has 0 bridgehead atoms. The van der Waals surface area contributed by atoms with Crippen molar-refractivity contribution < 1.29 is 14.3 Å². The maximum atomic E-state index is 12.3. The average Bonchev–Trinajstić information content (AvgIpc) is 2.85. The minimum Gasteiger partial charge on any atom is -0.459 e. The first-order chi connectivity index (χ1) is 10.6. The van der Waals surface area contributed by atoms with E-state index in [1.165, 1.54) is 0 Å². The van der Waals surface area contributed by atoms with E-state index in [0.29, 0.717) is 13.1 Å². The van der Waals surface area contributed by atoms with Gasteiger partial charge in [0.25, 0.3) is 0 Å². The van der Waals surface area contributed by atoms with E-state index in [9.17, 15) is 4.79 Å². The topological polar surface area (TPSA) is 65.7 Å². The molecule has 2 aromatic rings. The number of aryl methyl sites for hydroxylation is 1. The van der Waals surface area contributed by atoms with Gasteiger partial charge in [-0.1, -0.05) is 25.1 Å². The average molecular weight is 304 g/mol. The van der Waals surface area contributed by atoms with Crippen LogP contribution in [0.2, 0.25) is 0 Å². The predicted molar refractivity (Wildman–Crippen MR) is 86.8 cm³/mol. The number of para-hydroxylation sites is 1. The molecule has 0 aliphatic heterocycles. The monoisotopic (exact) mass is 304 g/mol. The number of aliphatic hydroxyl groups is 1. The van der Waals surface area contributed by atoms with Gasteiger partial charge < -0.3 is 19.7 Å². The molecular weight excluding hydrogens is 280 g/mol. The third-order valence-corrected chi connectivity index (χ3v) is 3.76. The number of carbonyl (C=O) groups is 1. The van der Waals surface area contributed by atoms with Gasteiger partial charge in [-0.2, -0.15) is 0 Å². The van der Waals surface area contributed by atoms with Crippen LogP contribution >= 0.6 is 0 Å². The second kappa shape index (κ2) is 7.31. The Bertz CT molecular complexity index is 630. The van der Waals surface area contributed by atoms with E-state index < -0.39 is 0 Å². The molecule has 1 atom stereocenters. The molecule has 0 fully saturated rings. The number of fused-ring (bicyclic) bond motifs is 1. The fourth-order valence-corrected chi connectivity index (χ4v) is 2.65. The number of furan rings is 1. The Labute approximate surface area is 130 Å². The van der Waals surface area contributed by atoms with Crippen LogP contribution in [0.25, 0.3) is 11.0 Å². The summed E-state index contributed by atoms with van der Waals surface area (Å²) < 4.78 is 5.88. The Kier molecular flexibility index (Phi) is 5.44. The summed E-state index contributed by atoms with van der Waals surface area (Å²) in [4.78, 5) is 13.9. The number of benzene rings is 1. The van der Waals surface area contributed by atoms with Crippen molar-refractivity contribution in [1.29, 1.82) is 0 Å². The van der Waals surface area contributed by atoms with Crippen molar-refractivity contribution in [3.63, 3.8) is 0 Å². The van der Waals surface area contributed by atoms with Crippen molar-refractivity contribution >= 4 is 17.0 Å². The standard InChI is InChI=1S/C17H24N2O3/c1-4-9-19(10-11-20)17(21)18-13(3)16-12(2)14-7-5-6-8-15(14)22-16/h5-8,13,20H,4,9-11H2,1-3H3,(H,18,21). The predicted octanol–water partition coefficient (Wildman–Crippen LogP) is 3.22. The van der Waals surface area contributed by atoms with E-state index in [1.54, 1.807) is 4.90 Å². The van der Waals surface area contributed by atoms with Crippen molar-refractivity contribution in [2.24, 2.45) is 0 Å². The molecule has 0 radical (unpaired) electrons. The molecule has 120 valence electrons. The molecule has 5 nitrogen and oxygen atoms in total. The van der Waals surface area contributed by atoms with Crippen LogP contribution in [0.1, 0.15) is 37.6 Å². The maximum Gasteiger partial charge on any atom is 0.318 e. The lowest BCUT2D eigenvalue weighted by atomic mass is 10.1. The van der Waals surface area contributed by atoms with Gasteiger partial charge in [-0.3, -0.25) is 0 Å². The van der Waals surface area contributed by atoms with E-state index in [4.69, 9.17) is 9.52 Å². The van der Waals surface area contributed by atoms with Gasteiger partial charge in [0.15, 0.2) is 0 Å². The van der Waals surface area contributed by atoms with E-state index >= 15 is 0 Å². The summed E-state index contributed by atoms with van der Waals surface area (Å²) in [6, 6.07) is 7.45. The third kappa shape index (κ3) is 3.42. The van der Waals surface area contributed by atoms with Crippen LogP contribution in [0.4, 0.5) is 4.79 Å². The minimum absolute atomic E-state index is 0.0362. The molecule has 1 heterocycles. The largest absolute Gasteiger partial charge is 0.459 e. The van der Waals surface area contributed by atoms with E-state index in [-0.39, 0.29) is 18.7 Å². The van der Waals surface area contributed by atoms with E-state index in [2.05, 4.69) is 5.32 Å². The minimum atomic E-state index is -0.224. The normalized spacial score (nSPS) is 12.4. The molecule has 2 rings (SSSR count). The van der Waals surface area contributed by atoms with Gasteiger partial charge in [0.2, 0.25) is 0 Å². The zero-order valence-electron chi connectivity index (χ0n) is 13.4. The molecule has 0 saturated carbocycles. The smallest absolute Gasteiger partial charge is 0.318 e. The molecular formula is C17H24N2O3. The first-order valence-electron chi connectivity index (χ1n) is 7.72. The number of hydrogen-bond acceptors (Lipinski definition) is 3. The quantitative estimate of drug-likeness (QED) is 0.861. The van der Waals surface area contributed by atoms with Gasteiger partial charge in [0, 0.05) is 24.0 Å². The fraction of sp³-hybridized carbons (Fsp3) is 0.471. The van der Waals surface area contributed by atoms with E-state index in [0.717, 1.165) is 28.7 Å². The molecule has 22 heavy (non-hydrogen) atoms. The van der Waals surface area contributed by atoms with E-state index in [1.807, 2.05) is 45.0 Å². The van der Waals surface area contributed by atoms with Crippen LogP contribution in [0.3, 0.4) is 0 Å². The van der Waals surface area contributed by atoms with Gasteiger partial charge in [-0.05, 0) is 26.3 Å². The summed E-state index contributed by atoms with van der Waals surface area (Å²) in [5.74, 6) is 0.773. The van der Waals surface area contributed by atoms with Crippen molar-refractivity contribution in [3.05, 3.63) is 35.6 Å². The Hall–Kier alpha value is -2.01. The number of nitrogens with one attached hydrogen (secondary N) is 1. The van der Waals surface area contributed by atoms with Crippen molar-refractivity contribution in [2.45, 2.75) is 33.2 Å². The number of urea groups is 1. The molecule has 2 N–H and O–H groups in total. The Balaban J connectivity index is 2.14. The van der Waals surface area contributed by atoms with Crippen LogP contribution in [-0.4, -0.2) is 35.7 Å². The van der Waals surface area contributed by atoms with Crippen LogP contribution in [0, 0.1) is 6.92 Å². The lowest BCUT2D eigenvalue weighted by Crippen LogP contribution is -2.42. The van der Waals surface area contributed by atoms with Gasteiger partial charge in [0.05, 0.1) is 12.6 Å². The Morgan fingerprint density at radius 1 is 1.36 bits per heavy atom. The highest BCUT2D eigenvalue weighted by Crippen LogP contribution is 2.29. The Morgan fingerprint density at radius 3 is 2.73 bits per heavy atom. The van der Waals surface area contributed by atoms with Crippen LogP contribution < -0.4 is 5.32 Å². The van der Waals surface area contributed by atoms with Gasteiger partial charge in [0.1, 0.15) is 11.3 Å². The molecule has 0 spiro atoms. The number of hydrogen-bond donors (Lipinski definition) is 2. The number of aliphatic hydroxyl groups excluding tert-OH is 1. The fourth-order valence-electron chi connectivity index (χ4n) is 2.65. The summed E-state index contributed by atoms with van der Waals surface area (Å²) in [5, 5.41) is 13.1. The van der Waals surface area contributed by atoms with Crippen LogP contribution in [0.5, 0.6) is 0 Å². The molecule has 1 aromatic carbocycles. The van der Waals surface area contributed by atoms with Gasteiger partial charge in [-0.15, -0.1) is 0 Å². The summed E-state index contributed by atoms with van der Waals surface area (Å²) in [5.41, 5.74) is 1.88. The second-order valence-corrected chi connectivity index (χ2v) is 5.47. The SMILES string of the molecule is CCCN(CCO)C(=O)NC(C)c1oc2ccccc2c1C. The zero-order valence-corrected chi connectivity index (χ0v) is 13.4. The molecule has 0 saturated heterocycles. The Morgan fingerprint density at radius 2 is 2.09 bits per heavy atom. The van der Waals surface area contributed by atoms with Crippen molar-refractivity contribution in [1.82, 2.24) is 10.2 Å². The summed E-state index contributed by atoms with van der Waals surface area (Å²) in [7, 11) is 0. The number of rotatable bonds is 6. The summed E-state index contributed by atoms with van der Waals surface area (Å²) >= 11 is 0. The highest BCUT2D eigenvalue weighted by atomic mass is 16.3. The third-order valence-electron chi connectivity index (χ3n) is 3.76. The summed E-state index contributed by atoms with van der Waals surface area (Å²) in [6.07, 6.45) is 0.853. The lowest BCUT2D eigenvalue weighted by molar-refractivity contribution is 0.173. The van der Waals surface area contributed by atoms with Crippen molar-refractivity contribution in [3.8, 4) is 0 Å². The highest BCUT2D eigenvalue weighted by molar-refractivity contribution is 5.82. The first-order valence-corrected chi connectivity index (χ1v) is 7.72. The molecule has 5 heteroatoms. The van der Waals surface area contributed by atoms with Crippen LogP contribution in [0.15, 0.2) is 28.7 Å². The molecule has 0 aliphatic rings. The second-order valence-electron chi connectivity index (χ2n) is 5.47. The number of nitrogens with zero attached hydrogens (tertiary/aromatic N) is 1. The van der Waals surface area contributed by atoms with Gasteiger partial charge >= 0.3 is 6.03 Å². The molecule has 0 aliphatic carbocycles. The number of carbonyl (C=O) groups excluding carboxylic acids is 1. The van der Waals surface area contributed by atoms with Crippen LogP contribution in [-0.2, 0) is 0 Å². The zero-order chi connectivity index (χ0) is 16.1. The first kappa shape index (κ1) is 16.4. The number of amides is 2. The van der Waals surface area contributed by atoms with Crippen molar-refractivity contribution in [2.75, 3.05) is 19.7 Å². The molecule has 2 amide bonds.